The topological polar surface area (TPSA) is 68.3 Å². The number of hydrogen-bond donors (Lipinski definition) is 1. The number of pyridine rings is 1. The van der Waals surface area contributed by atoms with Crippen LogP contribution in [0.4, 0.5) is 5.00 Å². The molecular weight excluding hydrogens is 432 g/mol. The average Bonchev–Trinajstić information content (AvgIpc) is 3.40. The molecule has 0 atom stereocenters. The van der Waals surface area contributed by atoms with Gasteiger partial charge in [-0.3, -0.25) is 4.79 Å². The second-order valence-corrected chi connectivity index (χ2v) is 9.18. The van der Waals surface area contributed by atoms with E-state index in [1.807, 2.05) is 61.5 Å². The number of aryl methyl sites for hydroxylation is 1. The van der Waals surface area contributed by atoms with Crippen molar-refractivity contribution in [1.82, 2.24) is 4.98 Å². The number of ether oxygens (including phenoxy) is 1. The molecule has 0 radical (unpaired) electrons. The minimum Gasteiger partial charge on any atom is -0.462 e. The van der Waals surface area contributed by atoms with Crippen molar-refractivity contribution in [3.8, 4) is 11.3 Å². The maximum Gasteiger partial charge on any atom is 0.341 e. The number of nitrogens with zero attached hydrogens (tertiary/aromatic N) is 1. The summed E-state index contributed by atoms with van der Waals surface area (Å²) >= 11 is 1.49. The molecule has 0 saturated heterocycles. The maximum atomic E-state index is 13.7. The van der Waals surface area contributed by atoms with Gasteiger partial charge in [0.05, 0.1) is 28.9 Å². The van der Waals surface area contributed by atoms with Crippen LogP contribution in [0, 0.1) is 6.92 Å². The van der Waals surface area contributed by atoms with Gasteiger partial charge in [0.25, 0.3) is 5.91 Å². The van der Waals surface area contributed by atoms with Gasteiger partial charge < -0.3 is 10.1 Å². The minimum atomic E-state index is -0.367. The zero-order chi connectivity index (χ0) is 22.9. The number of rotatable bonds is 5. The first-order valence-electron chi connectivity index (χ1n) is 11.2. The summed E-state index contributed by atoms with van der Waals surface area (Å²) in [5, 5.41) is 4.42. The zero-order valence-corrected chi connectivity index (χ0v) is 19.4. The van der Waals surface area contributed by atoms with Gasteiger partial charge in [-0.1, -0.05) is 48.5 Å². The van der Waals surface area contributed by atoms with Gasteiger partial charge in [0, 0.05) is 15.8 Å². The van der Waals surface area contributed by atoms with Crippen molar-refractivity contribution in [3.05, 3.63) is 81.7 Å². The number of thiophene rings is 1. The van der Waals surface area contributed by atoms with Crippen molar-refractivity contribution >= 4 is 39.1 Å². The first kappa shape index (κ1) is 21.3. The lowest BCUT2D eigenvalue weighted by Crippen LogP contribution is -2.17. The summed E-state index contributed by atoms with van der Waals surface area (Å²) in [6.07, 6.45) is 2.79. The van der Waals surface area contributed by atoms with Gasteiger partial charge in [0.1, 0.15) is 5.00 Å². The second kappa shape index (κ2) is 8.79. The molecule has 0 spiro atoms. The highest BCUT2D eigenvalue weighted by Gasteiger charge is 2.29. The van der Waals surface area contributed by atoms with E-state index in [4.69, 9.17) is 9.72 Å². The molecule has 1 aliphatic carbocycles. The Balaban J connectivity index is 1.62. The highest BCUT2D eigenvalue weighted by atomic mass is 32.1. The van der Waals surface area contributed by atoms with Crippen LogP contribution in [0.2, 0.25) is 0 Å². The Morgan fingerprint density at radius 2 is 1.79 bits per heavy atom. The van der Waals surface area contributed by atoms with Crippen LogP contribution in [-0.2, 0) is 17.6 Å². The van der Waals surface area contributed by atoms with Gasteiger partial charge in [-0.15, -0.1) is 11.3 Å². The summed E-state index contributed by atoms with van der Waals surface area (Å²) in [4.78, 5) is 32.5. The van der Waals surface area contributed by atoms with E-state index in [0.29, 0.717) is 22.7 Å². The van der Waals surface area contributed by atoms with Crippen molar-refractivity contribution in [2.45, 2.75) is 33.1 Å². The van der Waals surface area contributed by atoms with E-state index < -0.39 is 0 Å². The number of carbonyl (C=O) groups is 2. The Hall–Kier alpha value is -3.51. The molecule has 2 heterocycles. The first-order chi connectivity index (χ1) is 16.1. The molecule has 6 heteroatoms. The molecule has 0 unspecified atom stereocenters. The van der Waals surface area contributed by atoms with Gasteiger partial charge >= 0.3 is 5.97 Å². The zero-order valence-electron chi connectivity index (χ0n) is 18.6. The van der Waals surface area contributed by atoms with E-state index in [1.165, 1.54) is 11.3 Å². The molecular formula is C27H24N2O3S. The van der Waals surface area contributed by atoms with Crippen molar-refractivity contribution in [3.63, 3.8) is 0 Å². The molecule has 0 bridgehead atoms. The number of carbonyl (C=O) groups excluding carboxylic acids is 2. The van der Waals surface area contributed by atoms with Crippen LogP contribution in [0.3, 0.4) is 0 Å². The average molecular weight is 457 g/mol. The Labute approximate surface area is 196 Å². The van der Waals surface area contributed by atoms with E-state index in [1.54, 1.807) is 6.92 Å². The van der Waals surface area contributed by atoms with Crippen molar-refractivity contribution in [2.24, 2.45) is 0 Å². The molecule has 1 N–H and O–H groups in total. The van der Waals surface area contributed by atoms with Crippen LogP contribution in [0.15, 0.2) is 54.6 Å². The molecule has 0 fully saturated rings. The van der Waals surface area contributed by atoms with Crippen LogP contribution in [0.25, 0.3) is 22.2 Å². The summed E-state index contributed by atoms with van der Waals surface area (Å²) < 4.78 is 5.32. The summed E-state index contributed by atoms with van der Waals surface area (Å²) in [6, 6.07) is 17.5. The Bertz CT molecular complexity index is 1380. The van der Waals surface area contributed by atoms with Crippen LogP contribution < -0.4 is 5.32 Å². The number of fused-ring (bicyclic) bond motifs is 2. The van der Waals surface area contributed by atoms with E-state index in [0.717, 1.165) is 57.4 Å². The third-order valence-electron chi connectivity index (χ3n) is 6.04. The summed E-state index contributed by atoms with van der Waals surface area (Å²) in [7, 11) is 0. The van der Waals surface area contributed by atoms with Crippen LogP contribution in [0.5, 0.6) is 0 Å². The van der Waals surface area contributed by atoms with Gasteiger partial charge in [-0.25, -0.2) is 9.78 Å². The molecule has 1 amide bonds. The molecule has 166 valence electrons. The Kier molecular flexibility index (Phi) is 5.68. The number of anilines is 1. The lowest BCUT2D eigenvalue weighted by Gasteiger charge is -2.15. The quantitative estimate of drug-likeness (QED) is 0.364. The highest BCUT2D eigenvalue weighted by molar-refractivity contribution is 7.17. The fourth-order valence-corrected chi connectivity index (χ4v) is 5.83. The standard InChI is InChI=1S/C27H24N2O3S/c1-3-32-27(31)23-19-13-9-15-21(19)33-26(23)29-25(30)22-16(2)24(17-10-5-4-6-11-17)28-20-14-8-7-12-18(20)22/h4-8,10-12,14H,3,9,13,15H2,1-2H3,(H,29,30). The second-order valence-electron chi connectivity index (χ2n) is 8.08. The number of benzene rings is 2. The first-order valence-corrected chi connectivity index (χ1v) is 12.0. The molecule has 2 aromatic heterocycles. The Morgan fingerprint density at radius 3 is 2.58 bits per heavy atom. The molecule has 5 nitrogen and oxygen atoms in total. The SMILES string of the molecule is CCOC(=O)c1c(NC(=O)c2c(C)c(-c3ccccc3)nc3ccccc23)sc2c1CCC2. The number of amides is 1. The van der Waals surface area contributed by atoms with Gasteiger partial charge in [-0.05, 0) is 50.3 Å². The molecule has 0 aliphatic heterocycles. The fraction of sp³-hybridized carbons (Fsp3) is 0.222. The molecule has 4 aromatic rings. The monoisotopic (exact) mass is 456 g/mol. The number of aromatic nitrogens is 1. The molecule has 1 aliphatic rings. The Morgan fingerprint density at radius 1 is 1.03 bits per heavy atom. The van der Waals surface area contributed by atoms with E-state index in [2.05, 4.69) is 5.32 Å². The van der Waals surface area contributed by atoms with Crippen LogP contribution in [0.1, 0.15) is 50.1 Å². The number of esters is 1. The smallest absolute Gasteiger partial charge is 0.341 e. The van der Waals surface area contributed by atoms with Gasteiger partial charge in [0.2, 0.25) is 0 Å². The summed E-state index contributed by atoms with van der Waals surface area (Å²) in [5.74, 6) is -0.609. The van der Waals surface area contributed by atoms with Crippen molar-refractivity contribution < 1.29 is 14.3 Å². The van der Waals surface area contributed by atoms with Gasteiger partial charge in [-0.2, -0.15) is 0 Å². The third kappa shape index (κ3) is 3.80. The normalized spacial score (nSPS) is 12.5. The fourth-order valence-electron chi connectivity index (χ4n) is 4.55. The molecule has 0 saturated carbocycles. The molecule has 2 aromatic carbocycles. The highest BCUT2D eigenvalue weighted by Crippen LogP contribution is 2.40. The van der Waals surface area contributed by atoms with Crippen molar-refractivity contribution in [1.29, 1.82) is 0 Å². The largest absolute Gasteiger partial charge is 0.462 e. The summed E-state index contributed by atoms with van der Waals surface area (Å²) in [6.45, 7) is 4.02. The van der Waals surface area contributed by atoms with Crippen LogP contribution in [-0.4, -0.2) is 23.5 Å². The lowest BCUT2D eigenvalue weighted by atomic mass is 9.97. The number of hydrogen-bond acceptors (Lipinski definition) is 5. The predicted octanol–water partition coefficient (Wildman–Crippen LogP) is 6.19. The maximum absolute atomic E-state index is 13.7. The van der Waals surface area contributed by atoms with Gasteiger partial charge in [0.15, 0.2) is 0 Å². The molecule has 5 rings (SSSR count). The predicted molar refractivity (Wildman–Crippen MR) is 132 cm³/mol. The van der Waals surface area contributed by atoms with Crippen LogP contribution >= 0.6 is 11.3 Å². The van der Waals surface area contributed by atoms with Crippen molar-refractivity contribution in [2.75, 3.05) is 11.9 Å². The number of nitrogens with one attached hydrogen (secondary N) is 1. The summed E-state index contributed by atoms with van der Waals surface area (Å²) in [5.41, 5.74) is 5.40. The number of para-hydroxylation sites is 1. The molecule has 33 heavy (non-hydrogen) atoms. The lowest BCUT2D eigenvalue weighted by molar-refractivity contribution is 0.0527. The van der Waals surface area contributed by atoms with E-state index in [9.17, 15) is 9.59 Å². The van der Waals surface area contributed by atoms with E-state index in [-0.39, 0.29) is 11.9 Å². The minimum absolute atomic E-state index is 0.242. The van der Waals surface area contributed by atoms with E-state index >= 15 is 0 Å². The third-order valence-corrected chi connectivity index (χ3v) is 7.25.